The minimum atomic E-state index is -0.404. The molecule has 5 aliphatic rings. The minimum Gasteiger partial charge on any atom is -0.486 e. The summed E-state index contributed by atoms with van der Waals surface area (Å²) in [7, 11) is 0. The van der Waals surface area contributed by atoms with Gasteiger partial charge in [-0.15, -0.1) is 0 Å². The van der Waals surface area contributed by atoms with E-state index in [2.05, 4.69) is 60.9 Å². The first-order valence-electron chi connectivity index (χ1n) is 12.7. The third-order valence-electron chi connectivity index (χ3n) is 8.88. The Balaban J connectivity index is 1.30. The van der Waals surface area contributed by atoms with Crippen molar-refractivity contribution in [3.8, 4) is 5.75 Å². The van der Waals surface area contributed by atoms with Gasteiger partial charge in [-0.1, -0.05) is 44.0 Å². The lowest BCUT2D eigenvalue weighted by atomic mass is 9.45. The number of aromatic nitrogens is 1. The second-order valence-electron chi connectivity index (χ2n) is 12.1. The fourth-order valence-corrected chi connectivity index (χ4v) is 7.30. The Morgan fingerprint density at radius 3 is 2.56 bits per heavy atom. The number of carbonyl (C=O) groups excluding carboxylic acids is 1. The van der Waals surface area contributed by atoms with E-state index in [4.69, 9.17) is 27.9 Å². The first-order chi connectivity index (χ1) is 16.9. The minimum absolute atomic E-state index is 0.0665. The molecule has 1 amide bonds. The molecule has 36 heavy (non-hydrogen) atoms. The summed E-state index contributed by atoms with van der Waals surface area (Å²) in [5.74, 6) is 2.34. The molecule has 7 rings (SSSR count). The molecule has 0 radical (unpaired) electrons. The standard InChI is InChI=1S/C27H33Cl2N5O2/c1-12-6-13-7-16(27(13,4)5)20(12)32-24(35)14-8-19-21(15-9-26(2,3)36-23(14)15)33-25(31-19)34-22-17(28)10-30-11-18(22)29/h8,10-13,16,20,25,31,33H,6-7,9H2,1-5H3,(H,30,34)(H,32,35). The van der Waals surface area contributed by atoms with Gasteiger partial charge >= 0.3 is 0 Å². The Morgan fingerprint density at radius 2 is 1.86 bits per heavy atom. The molecule has 0 saturated heterocycles. The third kappa shape index (κ3) is 3.69. The van der Waals surface area contributed by atoms with Gasteiger partial charge in [0, 0.05) is 30.4 Å². The van der Waals surface area contributed by atoms with Gasteiger partial charge in [-0.3, -0.25) is 9.78 Å². The van der Waals surface area contributed by atoms with Crippen LogP contribution in [-0.2, 0) is 6.42 Å². The molecule has 3 saturated carbocycles. The zero-order chi connectivity index (χ0) is 25.6. The predicted octanol–water partition coefficient (Wildman–Crippen LogP) is 6.14. The van der Waals surface area contributed by atoms with E-state index in [1.165, 1.54) is 12.8 Å². The van der Waals surface area contributed by atoms with Crippen LogP contribution in [0.15, 0.2) is 18.5 Å². The SMILES string of the molecule is CC1CC2CC(C1NC(=O)c1cc3c(c4c1OC(C)(C)C4)NC(Nc1c(Cl)cncc1Cl)N3)C2(C)C. The van der Waals surface area contributed by atoms with E-state index in [0.29, 0.717) is 45.3 Å². The van der Waals surface area contributed by atoms with E-state index in [-0.39, 0.29) is 23.7 Å². The highest BCUT2D eigenvalue weighted by atomic mass is 35.5. The van der Waals surface area contributed by atoms with Crippen LogP contribution in [0, 0.1) is 23.2 Å². The number of fused-ring (bicyclic) bond motifs is 5. The molecule has 1 aromatic carbocycles. The highest BCUT2D eigenvalue weighted by Gasteiger charge is 2.57. The van der Waals surface area contributed by atoms with Crippen LogP contribution in [0.5, 0.6) is 5.75 Å². The van der Waals surface area contributed by atoms with E-state index < -0.39 is 5.60 Å². The van der Waals surface area contributed by atoms with Gasteiger partial charge in [-0.2, -0.15) is 0 Å². The average molecular weight is 531 g/mol. The maximum atomic E-state index is 13.8. The van der Waals surface area contributed by atoms with Crippen molar-refractivity contribution in [3.05, 3.63) is 39.6 Å². The molecule has 3 aliphatic carbocycles. The molecule has 7 nitrogen and oxygen atoms in total. The number of nitrogens with one attached hydrogen (secondary N) is 4. The van der Waals surface area contributed by atoms with Crippen molar-refractivity contribution < 1.29 is 9.53 Å². The lowest BCUT2D eigenvalue weighted by Crippen LogP contribution is -2.62. The van der Waals surface area contributed by atoms with Crippen LogP contribution in [0.25, 0.3) is 0 Å². The molecule has 192 valence electrons. The number of benzene rings is 1. The maximum absolute atomic E-state index is 13.8. The fourth-order valence-electron chi connectivity index (χ4n) is 6.82. The molecule has 5 unspecified atom stereocenters. The first kappa shape index (κ1) is 24.0. The zero-order valence-corrected chi connectivity index (χ0v) is 22.8. The van der Waals surface area contributed by atoms with Gasteiger partial charge in [0.05, 0.1) is 32.7 Å². The van der Waals surface area contributed by atoms with Crippen LogP contribution in [0.3, 0.4) is 0 Å². The van der Waals surface area contributed by atoms with Gasteiger partial charge in [0.1, 0.15) is 11.4 Å². The number of halogens is 2. The number of pyridine rings is 1. The molecular formula is C27H33Cl2N5O2. The highest BCUT2D eigenvalue weighted by Crippen LogP contribution is 2.60. The van der Waals surface area contributed by atoms with Crippen molar-refractivity contribution in [1.82, 2.24) is 10.3 Å². The Morgan fingerprint density at radius 1 is 1.14 bits per heavy atom. The summed E-state index contributed by atoms with van der Waals surface area (Å²) in [5, 5.41) is 14.5. The highest BCUT2D eigenvalue weighted by molar-refractivity contribution is 6.38. The van der Waals surface area contributed by atoms with Crippen LogP contribution in [-0.4, -0.2) is 28.8 Å². The summed E-state index contributed by atoms with van der Waals surface area (Å²) in [6.07, 6.45) is 5.79. The molecule has 2 aromatic rings. The summed E-state index contributed by atoms with van der Waals surface area (Å²) in [6.45, 7) is 11.1. The zero-order valence-electron chi connectivity index (χ0n) is 21.3. The smallest absolute Gasteiger partial charge is 0.255 e. The van der Waals surface area contributed by atoms with Crippen molar-refractivity contribution in [2.75, 3.05) is 16.0 Å². The summed E-state index contributed by atoms with van der Waals surface area (Å²) >= 11 is 12.6. The van der Waals surface area contributed by atoms with E-state index >= 15 is 0 Å². The van der Waals surface area contributed by atoms with Crippen molar-refractivity contribution in [3.63, 3.8) is 0 Å². The summed E-state index contributed by atoms with van der Waals surface area (Å²) < 4.78 is 6.36. The number of rotatable bonds is 4. The summed E-state index contributed by atoms with van der Waals surface area (Å²) in [4.78, 5) is 17.8. The van der Waals surface area contributed by atoms with Crippen molar-refractivity contribution in [1.29, 1.82) is 0 Å². The van der Waals surface area contributed by atoms with Crippen LogP contribution < -0.4 is 26.0 Å². The molecule has 9 heteroatoms. The number of hydrogen-bond acceptors (Lipinski definition) is 6. The lowest BCUT2D eigenvalue weighted by Gasteiger charge is -2.62. The largest absolute Gasteiger partial charge is 0.486 e. The summed E-state index contributed by atoms with van der Waals surface area (Å²) in [6, 6.07) is 2.07. The molecular weight excluding hydrogens is 497 g/mol. The van der Waals surface area contributed by atoms with E-state index in [1.54, 1.807) is 12.4 Å². The van der Waals surface area contributed by atoms with Gasteiger partial charge in [-0.25, -0.2) is 0 Å². The topological polar surface area (TPSA) is 87.3 Å². The van der Waals surface area contributed by atoms with Gasteiger partial charge in [0.2, 0.25) is 0 Å². The lowest BCUT2D eigenvalue weighted by molar-refractivity contribution is -0.107. The molecule has 5 atom stereocenters. The summed E-state index contributed by atoms with van der Waals surface area (Å²) in [5.41, 5.74) is 3.83. The monoisotopic (exact) mass is 529 g/mol. The number of nitrogens with zero attached hydrogens (tertiary/aromatic N) is 1. The van der Waals surface area contributed by atoms with E-state index in [0.717, 1.165) is 22.9 Å². The number of carbonyl (C=O) groups is 1. The second-order valence-corrected chi connectivity index (χ2v) is 12.9. The maximum Gasteiger partial charge on any atom is 0.255 e. The molecule has 3 heterocycles. The molecule has 0 spiro atoms. The van der Waals surface area contributed by atoms with Crippen LogP contribution in [0.4, 0.5) is 17.1 Å². The Kier molecular flexibility index (Phi) is 5.37. The van der Waals surface area contributed by atoms with Gasteiger partial charge in [0.15, 0.2) is 6.29 Å². The third-order valence-corrected chi connectivity index (χ3v) is 9.45. The van der Waals surface area contributed by atoms with Gasteiger partial charge < -0.3 is 26.0 Å². The van der Waals surface area contributed by atoms with Crippen molar-refractivity contribution >= 4 is 46.2 Å². The molecule has 2 aliphatic heterocycles. The second kappa shape index (κ2) is 8.06. The van der Waals surface area contributed by atoms with Crippen molar-refractivity contribution in [2.45, 2.75) is 71.8 Å². The molecule has 1 aromatic heterocycles. The predicted molar refractivity (Wildman–Crippen MR) is 144 cm³/mol. The van der Waals surface area contributed by atoms with E-state index in [1.807, 2.05) is 6.07 Å². The molecule has 2 bridgehead atoms. The number of amides is 1. The first-order valence-corrected chi connectivity index (χ1v) is 13.5. The Hall–Kier alpha value is -2.38. The van der Waals surface area contributed by atoms with Crippen molar-refractivity contribution in [2.24, 2.45) is 23.2 Å². The number of anilines is 3. The average Bonchev–Trinajstić information content (AvgIpc) is 3.35. The van der Waals surface area contributed by atoms with E-state index in [9.17, 15) is 4.79 Å². The molecule has 4 N–H and O–H groups in total. The number of hydrogen-bond donors (Lipinski definition) is 4. The fraction of sp³-hybridized carbons (Fsp3) is 0.556. The van der Waals surface area contributed by atoms with Crippen LogP contribution >= 0.6 is 23.2 Å². The normalized spacial score (nSPS) is 30.1. The Bertz CT molecular complexity index is 1240. The van der Waals surface area contributed by atoms with Crippen LogP contribution in [0.1, 0.15) is 63.4 Å². The quantitative estimate of drug-likeness (QED) is 0.380. The number of ether oxygens (including phenoxy) is 1. The van der Waals surface area contributed by atoms with Gasteiger partial charge in [0.25, 0.3) is 5.91 Å². The van der Waals surface area contributed by atoms with Gasteiger partial charge in [-0.05, 0) is 55.9 Å². The molecule has 3 fully saturated rings. The van der Waals surface area contributed by atoms with Crippen LogP contribution in [0.2, 0.25) is 10.0 Å². The Labute approximate surface area is 222 Å².